The van der Waals surface area contributed by atoms with E-state index in [9.17, 15) is 4.79 Å². The van der Waals surface area contributed by atoms with E-state index in [0.29, 0.717) is 26.3 Å². The number of hydrogen-bond donors (Lipinski definition) is 2. The van der Waals surface area contributed by atoms with Crippen LogP contribution in [0.25, 0.3) is 0 Å². The van der Waals surface area contributed by atoms with Crippen molar-refractivity contribution < 1.29 is 14.3 Å². The first kappa shape index (κ1) is 14.3. The van der Waals surface area contributed by atoms with Crippen molar-refractivity contribution in [2.45, 2.75) is 6.92 Å². The van der Waals surface area contributed by atoms with Crippen molar-refractivity contribution >= 4 is 6.03 Å². The molecule has 1 aromatic carbocycles. The first-order valence-corrected chi connectivity index (χ1v) is 5.92. The molecule has 0 aromatic heterocycles. The van der Waals surface area contributed by atoms with E-state index in [1.165, 1.54) is 0 Å². The van der Waals surface area contributed by atoms with Gasteiger partial charge in [-0.25, -0.2) is 4.79 Å². The predicted molar refractivity (Wildman–Crippen MR) is 70.0 cm³/mol. The van der Waals surface area contributed by atoms with Crippen LogP contribution in [0, 0.1) is 6.92 Å². The molecule has 0 atom stereocenters. The summed E-state index contributed by atoms with van der Waals surface area (Å²) in [7, 11) is 1.59. The molecule has 5 nitrogen and oxygen atoms in total. The molecule has 0 aliphatic rings. The summed E-state index contributed by atoms with van der Waals surface area (Å²) in [4.78, 5) is 11.2. The quantitative estimate of drug-likeness (QED) is 0.719. The molecular weight excluding hydrogens is 232 g/mol. The topological polar surface area (TPSA) is 59.6 Å². The first-order valence-electron chi connectivity index (χ1n) is 5.92. The zero-order valence-electron chi connectivity index (χ0n) is 10.9. The van der Waals surface area contributed by atoms with Crippen LogP contribution in [-0.4, -0.2) is 39.4 Å². The summed E-state index contributed by atoms with van der Waals surface area (Å²) in [6.07, 6.45) is 0. The first-order chi connectivity index (χ1) is 8.72. The molecule has 1 rings (SSSR count). The number of hydrogen-bond acceptors (Lipinski definition) is 3. The van der Waals surface area contributed by atoms with E-state index in [1.54, 1.807) is 7.11 Å². The number of aryl methyl sites for hydroxylation is 1. The second kappa shape index (κ2) is 8.36. The lowest BCUT2D eigenvalue weighted by atomic mass is 10.2. The fourth-order valence-corrected chi connectivity index (χ4v) is 1.37. The average Bonchev–Trinajstić information content (AvgIpc) is 2.35. The number of carbonyl (C=O) groups excluding carboxylic acids is 1. The van der Waals surface area contributed by atoms with Gasteiger partial charge < -0.3 is 20.1 Å². The summed E-state index contributed by atoms with van der Waals surface area (Å²) >= 11 is 0. The number of urea groups is 1. The minimum Gasteiger partial charge on any atom is -0.492 e. The van der Waals surface area contributed by atoms with Gasteiger partial charge in [-0.05, 0) is 24.6 Å². The Morgan fingerprint density at radius 3 is 2.61 bits per heavy atom. The van der Waals surface area contributed by atoms with Crippen LogP contribution in [0.2, 0.25) is 0 Å². The molecule has 0 bridgehead atoms. The molecule has 18 heavy (non-hydrogen) atoms. The maximum absolute atomic E-state index is 11.2. The molecule has 0 aliphatic carbocycles. The number of carbonyl (C=O) groups is 1. The van der Waals surface area contributed by atoms with Gasteiger partial charge in [-0.3, -0.25) is 0 Å². The molecule has 0 saturated carbocycles. The summed E-state index contributed by atoms with van der Waals surface area (Å²) in [6.45, 7) is 3.93. The summed E-state index contributed by atoms with van der Waals surface area (Å²) < 4.78 is 10.3. The summed E-state index contributed by atoms with van der Waals surface area (Å²) in [5, 5.41) is 5.36. The molecule has 100 valence electrons. The standard InChI is InChI=1S/C13H20N2O3/c1-11-4-3-5-12(10-11)18-9-7-15-13(16)14-6-8-17-2/h3-5,10H,6-9H2,1-2H3,(H2,14,15,16). The third-order valence-corrected chi connectivity index (χ3v) is 2.24. The highest BCUT2D eigenvalue weighted by Gasteiger charge is 1.98. The highest BCUT2D eigenvalue weighted by Crippen LogP contribution is 2.11. The molecular formula is C13H20N2O3. The predicted octanol–water partition coefficient (Wildman–Crippen LogP) is 1.32. The minimum atomic E-state index is -0.208. The van der Waals surface area contributed by atoms with Crippen molar-refractivity contribution in [3.05, 3.63) is 29.8 Å². The SMILES string of the molecule is COCCNC(=O)NCCOc1cccc(C)c1. The fraction of sp³-hybridized carbons (Fsp3) is 0.462. The Hall–Kier alpha value is -1.75. The van der Waals surface area contributed by atoms with Crippen LogP contribution in [0.3, 0.4) is 0 Å². The Labute approximate surface area is 107 Å². The monoisotopic (exact) mass is 252 g/mol. The molecule has 0 heterocycles. The molecule has 0 unspecified atom stereocenters. The highest BCUT2D eigenvalue weighted by molar-refractivity contribution is 5.73. The molecule has 2 amide bonds. The van der Waals surface area contributed by atoms with Gasteiger partial charge in [0.2, 0.25) is 0 Å². The van der Waals surface area contributed by atoms with Gasteiger partial charge in [0, 0.05) is 13.7 Å². The van der Waals surface area contributed by atoms with Crippen LogP contribution in [-0.2, 0) is 4.74 Å². The summed E-state index contributed by atoms with van der Waals surface area (Å²) in [6, 6.07) is 7.59. The van der Waals surface area contributed by atoms with Crippen LogP contribution in [0.4, 0.5) is 4.79 Å². The summed E-state index contributed by atoms with van der Waals surface area (Å²) in [5.41, 5.74) is 1.15. The molecule has 2 N–H and O–H groups in total. The third-order valence-electron chi connectivity index (χ3n) is 2.24. The van der Waals surface area contributed by atoms with Crippen LogP contribution in [0.5, 0.6) is 5.75 Å². The van der Waals surface area contributed by atoms with E-state index in [4.69, 9.17) is 9.47 Å². The summed E-state index contributed by atoms with van der Waals surface area (Å²) in [5.74, 6) is 0.816. The van der Waals surface area contributed by atoms with Crippen molar-refractivity contribution in [2.24, 2.45) is 0 Å². The Bertz CT molecular complexity index is 369. The molecule has 0 aliphatic heterocycles. The lowest BCUT2D eigenvalue weighted by molar-refractivity contribution is 0.195. The van der Waals surface area contributed by atoms with Crippen molar-refractivity contribution in [1.82, 2.24) is 10.6 Å². The minimum absolute atomic E-state index is 0.208. The fourth-order valence-electron chi connectivity index (χ4n) is 1.37. The molecule has 5 heteroatoms. The maximum Gasteiger partial charge on any atom is 0.314 e. The van der Waals surface area contributed by atoms with Gasteiger partial charge in [0.05, 0.1) is 13.2 Å². The van der Waals surface area contributed by atoms with Crippen molar-refractivity contribution in [3.8, 4) is 5.75 Å². The molecule has 0 radical (unpaired) electrons. The zero-order chi connectivity index (χ0) is 13.2. The number of benzene rings is 1. The lowest BCUT2D eigenvalue weighted by Crippen LogP contribution is -2.39. The van der Waals surface area contributed by atoms with Crippen molar-refractivity contribution in [2.75, 3.05) is 33.4 Å². The Kier molecular flexibility index (Phi) is 6.64. The largest absolute Gasteiger partial charge is 0.492 e. The van der Waals surface area contributed by atoms with E-state index < -0.39 is 0 Å². The van der Waals surface area contributed by atoms with Gasteiger partial charge in [-0.2, -0.15) is 0 Å². The smallest absolute Gasteiger partial charge is 0.314 e. The van der Waals surface area contributed by atoms with E-state index in [-0.39, 0.29) is 6.03 Å². The number of methoxy groups -OCH3 is 1. The number of nitrogens with one attached hydrogen (secondary N) is 2. The molecule has 0 fully saturated rings. The Morgan fingerprint density at radius 1 is 1.22 bits per heavy atom. The van der Waals surface area contributed by atoms with Crippen LogP contribution >= 0.6 is 0 Å². The van der Waals surface area contributed by atoms with Crippen molar-refractivity contribution in [3.63, 3.8) is 0 Å². The highest BCUT2D eigenvalue weighted by atomic mass is 16.5. The van der Waals surface area contributed by atoms with Gasteiger partial charge in [0.15, 0.2) is 0 Å². The van der Waals surface area contributed by atoms with Crippen LogP contribution < -0.4 is 15.4 Å². The second-order valence-electron chi connectivity index (χ2n) is 3.84. The second-order valence-corrected chi connectivity index (χ2v) is 3.84. The van der Waals surface area contributed by atoms with Gasteiger partial charge in [0.25, 0.3) is 0 Å². The van der Waals surface area contributed by atoms with Crippen molar-refractivity contribution in [1.29, 1.82) is 0 Å². The number of rotatable bonds is 7. The zero-order valence-corrected chi connectivity index (χ0v) is 10.9. The Balaban J connectivity index is 2.09. The van der Waals surface area contributed by atoms with Crippen LogP contribution in [0.15, 0.2) is 24.3 Å². The van der Waals surface area contributed by atoms with Crippen LogP contribution in [0.1, 0.15) is 5.56 Å². The van der Waals surface area contributed by atoms with E-state index >= 15 is 0 Å². The van der Waals surface area contributed by atoms with E-state index in [0.717, 1.165) is 11.3 Å². The molecule has 1 aromatic rings. The molecule has 0 saturated heterocycles. The van der Waals surface area contributed by atoms with Gasteiger partial charge in [-0.1, -0.05) is 12.1 Å². The number of amides is 2. The van der Waals surface area contributed by atoms with Gasteiger partial charge in [0.1, 0.15) is 12.4 Å². The number of ether oxygens (including phenoxy) is 2. The normalized spacial score (nSPS) is 9.89. The van der Waals surface area contributed by atoms with E-state index in [1.807, 2.05) is 31.2 Å². The maximum atomic E-state index is 11.2. The van der Waals surface area contributed by atoms with Gasteiger partial charge >= 0.3 is 6.03 Å². The lowest BCUT2D eigenvalue weighted by Gasteiger charge is -2.09. The van der Waals surface area contributed by atoms with Gasteiger partial charge in [-0.15, -0.1) is 0 Å². The van der Waals surface area contributed by atoms with E-state index in [2.05, 4.69) is 10.6 Å². The molecule has 0 spiro atoms. The third kappa shape index (κ3) is 6.10. The average molecular weight is 252 g/mol. The Morgan fingerprint density at radius 2 is 1.94 bits per heavy atom.